The number of benzene rings is 2. The maximum atomic E-state index is 13.6. The molecule has 0 saturated heterocycles. The van der Waals surface area contributed by atoms with Gasteiger partial charge in [-0.15, -0.1) is 0 Å². The standard InChI is InChI=1S/C28H41N3O4S/c1-20(2)17-29-27(33)22(4)30(18-23-11-9-21(3)10-12-23)26(32)19-31(36(8,34)35)25-15-13-24(14-16-25)28(5,6)7/h9-16,20,22H,17-19H2,1-8H3,(H,29,33)/t22-/m1/s1. The second kappa shape index (κ2) is 11.9. The van der Waals surface area contributed by atoms with Crippen molar-refractivity contribution in [1.82, 2.24) is 10.2 Å². The topological polar surface area (TPSA) is 86.8 Å². The highest BCUT2D eigenvalue weighted by atomic mass is 32.2. The van der Waals surface area contributed by atoms with Crippen LogP contribution >= 0.6 is 0 Å². The molecule has 1 atom stereocenters. The summed E-state index contributed by atoms with van der Waals surface area (Å²) in [5.41, 5.74) is 3.32. The van der Waals surface area contributed by atoms with Crippen LogP contribution in [-0.4, -0.2) is 50.5 Å². The predicted octanol–water partition coefficient (Wildman–Crippen LogP) is 4.25. The van der Waals surface area contributed by atoms with Gasteiger partial charge in [-0.3, -0.25) is 13.9 Å². The smallest absolute Gasteiger partial charge is 0.244 e. The molecule has 0 aliphatic heterocycles. The van der Waals surface area contributed by atoms with Gasteiger partial charge in [0.1, 0.15) is 12.6 Å². The van der Waals surface area contributed by atoms with Gasteiger partial charge in [0.25, 0.3) is 0 Å². The number of amides is 2. The molecule has 0 aliphatic carbocycles. The number of carbonyl (C=O) groups is 2. The number of hydrogen-bond donors (Lipinski definition) is 1. The molecule has 0 radical (unpaired) electrons. The number of hydrogen-bond acceptors (Lipinski definition) is 4. The molecule has 0 spiro atoms. The number of carbonyl (C=O) groups excluding carboxylic acids is 2. The lowest BCUT2D eigenvalue weighted by Gasteiger charge is -2.32. The van der Waals surface area contributed by atoms with E-state index >= 15 is 0 Å². The minimum Gasteiger partial charge on any atom is -0.354 e. The van der Waals surface area contributed by atoms with Crippen LogP contribution in [0.2, 0.25) is 0 Å². The highest BCUT2D eigenvalue weighted by molar-refractivity contribution is 7.92. The first kappa shape index (κ1) is 29.4. The Morgan fingerprint density at radius 3 is 1.97 bits per heavy atom. The van der Waals surface area contributed by atoms with Gasteiger partial charge in [-0.2, -0.15) is 0 Å². The first-order chi connectivity index (χ1) is 16.6. The molecule has 7 nitrogen and oxygen atoms in total. The van der Waals surface area contributed by atoms with Crippen molar-refractivity contribution in [2.24, 2.45) is 5.92 Å². The summed E-state index contributed by atoms with van der Waals surface area (Å²) in [5.74, 6) is -0.461. The van der Waals surface area contributed by atoms with Crippen molar-refractivity contribution >= 4 is 27.5 Å². The van der Waals surface area contributed by atoms with Gasteiger partial charge in [0.05, 0.1) is 11.9 Å². The van der Waals surface area contributed by atoms with Crippen LogP contribution < -0.4 is 9.62 Å². The molecule has 0 unspecified atom stereocenters. The maximum Gasteiger partial charge on any atom is 0.244 e. The summed E-state index contributed by atoms with van der Waals surface area (Å²) in [6.45, 7) is 14.2. The van der Waals surface area contributed by atoms with Crippen LogP contribution in [0.3, 0.4) is 0 Å². The third-order valence-corrected chi connectivity index (χ3v) is 7.17. The molecule has 8 heteroatoms. The second-order valence-corrected chi connectivity index (χ2v) is 12.8. The highest BCUT2D eigenvalue weighted by Gasteiger charge is 2.30. The average Bonchev–Trinajstić information content (AvgIpc) is 2.78. The molecule has 2 aromatic carbocycles. The normalized spacial score (nSPS) is 12.8. The fourth-order valence-corrected chi connectivity index (χ4v) is 4.52. The van der Waals surface area contributed by atoms with E-state index in [1.807, 2.05) is 57.2 Å². The minimum absolute atomic E-state index is 0.0894. The van der Waals surface area contributed by atoms with Crippen LogP contribution in [0.15, 0.2) is 48.5 Å². The molecule has 198 valence electrons. The monoisotopic (exact) mass is 515 g/mol. The number of anilines is 1. The molecular formula is C28H41N3O4S. The second-order valence-electron chi connectivity index (χ2n) is 10.9. The Balaban J connectivity index is 2.37. The quantitative estimate of drug-likeness (QED) is 0.513. The Bertz CT molecular complexity index is 1130. The van der Waals surface area contributed by atoms with E-state index in [9.17, 15) is 18.0 Å². The SMILES string of the molecule is Cc1ccc(CN(C(=O)CN(c2ccc(C(C)(C)C)cc2)S(C)(=O)=O)[C@H](C)C(=O)NCC(C)C)cc1. The van der Waals surface area contributed by atoms with Gasteiger partial charge in [0.15, 0.2) is 0 Å². The maximum absolute atomic E-state index is 13.6. The lowest BCUT2D eigenvalue weighted by atomic mass is 9.87. The van der Waals surface area contributed by atoms with Crippen molar-refractivity contribution < 1.29 is 18.0 Å². The molecule has 0 fully saturated rings. The molecule has 2 aromatic rings. The molecule has 0 heterocycles. The molecule has 0 bridgehead atoms. The van der Waals surface area contributed by atoms with E-state index in [1.165, 1.54) is 4.90 Å². The summed E-state index contributed by atoms with van der Waals surface area (Å²) in [6, 6.07) is 14.1. The molecule has 36 heavy (non-hydrogen) atoms. The van der Waals surface area contributed by atoms with E-state index in [4.69, 9.17) is 0 Å². The van der Waals surface area contributed by atoms with Crippen molar-refractivity contribution in [3.8, 4) is 0 Å². The van der Waals surface area contributed by atoms with Crippen molar-refractivity contribution in [2.75, 3.05) is 23.7 Å². The van der Waals surface area contributed by atoms with Crippen molar-refractivity contribution in [1.29, 1.82) is 0 Å². The van der Waals surface area contributed by atoms with Crippen LogP contribution in [0, 0.1) is 12.8 Å². The fourth-order valence-electron chi connectivity index (χ4n) is 3.67. The summed E-state index contributed by atoms with van der Waals surface area (Å²) < 4.78 is 26.5. The number of rotatable bonds is 10. The average molecular weight is 516 g/mol. The van der Waals surface area contributed by atoms with Crippen molar-refractivity contribution in [3.63, 3.8) is 0 Å². The van der Waals surface area contributed by atoms with Crippen molar-refractivity contribution in [2.45, 2.75) is 66.5 Å². The number of sulfonamides is 1. The molecule has 1 N–H and O–H groups in total. The van der Waals surface area contributed by atoms with Crippen LogP contribution in [0.4, 0.5) is 5.69 Å². The lowest BCUT2D eigenvalue weighted by Crippen LogP contribution is -2.51. The van der Waals surface area contributed by atoms with Crippen LogP contribution in [-0.2, 0) is 31.6 Å². The highest BCUT2D eigenvalue weighted by Crippen LogP contribution is 2.26. The van der Waals surface area contributed by atoms with E-state index in [0.717, 1.165) is 27.3 Å². The summed E-state index contributed by atoms with van der Waals surface area (Å²) >= 11 is 0. The van der Waals surface area contributed by atoms with Crippen LogP contribution in [0.1, 0.15) is 58.2 Å². The molecule has 0 aliphatic rings. The van der Waals surface area contributed by atoms with Gasteiger partial charge < -0.3 is 10.2 Å². The van der Waals surface area contributed by atoms with Crippen molar-refractivity contribution in [3.05, 3.63) is 65.2 Å². The lowest BCUT2D eigenvalue weighted by molar-refractivity contribution is -0.139. The summed E-state index contributed by atoms with van der Waals surface area (Å²) in [6.07, 6.45) is 1.08. The summed E-state index contributed by atoms with van der Waals surface area (Å²) in [7, 11) is -3.76. The number of aryl methyl sites for hydroxylation is 1. The fraction of sp³-hybridized carbons (Fsp3) is 0.500. The van der Waals surface area contributed by atoms with Crippen LogP contribution in [0.5, 0.6) is 0 Å². The number of nitrogens with one attached hydrogen (secondary N) is 1. The van der Waals surface area contributed by atoms with Gasteiger partial charge in [-0.25, -0.2) is 8.42 Å². The van der Waals surface area contributed by atoms with E-state index in [0.29, 0.717) is 12.2 Å². The van der Waals surface area contributed by atoms with Gasteiger partial charge in [-0.05, 0) is 48.4 Å². The largest absolute Gasteiger partial charge is 0.354 e. The van der Waals surface area contributed by atoms with E-state index in [-0.39, 0.29) is 23.8 Å². The Morgan fingerprint density at radius 1 is 0.944 bits per heavy atom. The first-order valence-corrected chi connectivity index (χ1v) is 14.2. The van der Waals surface area contributed by atoms with E-state index in [2.05, 4.69) is 26.1 Å². The molecule has 2 amide bonds. The van der Waals surface area contributed by atoms with Gasteiger partial charge >= 0.3 is 0 Å². The first-order valence-electron chi connectivity index (χ1n) is 12.3. The van der Waals surface area contributed by atoms with Gasteiger partial charge in [0.2, 0.25) is 21.8 Å². The minimum atomic E-state index is -3.76. The molecule has 0 saturated carbocycles. The van der Waals surface area contributed by atoms with Crippen LogP contribution in [0.25, 0.3) is 0 Å². The Labute approximate surface area is 216 Å². The zero-order valence-corrected chi connectivity index (χ0v) is 23.6. The van der Waals surface area contributed by atoms with Gasteiger partial charge in [0, 0.05) is 13.1 Å². The van der Waals surface area contributed by atoms with E-state index in [1.54, 1.807) is 19.1 Å². The summed E-state index contributed by atoms with van der Waals surface area (Å²) in [4.78, 5) is 27.9. The zero-order chi connectivity index (χ0) is 27.3. The van der Waals surface area contributed by atoms with Gasteiger partial charge in [-0.1, -0.05) is 76.6 Å². The predicted molar refractivity (Wildman–Crippen MR) is 146 cm³/mol. The number of nitrogens with zero attached hydrogens (tertiary/aromatic N) is 2. The Morgan fingerprint density at radius 2 is 1.50 bits per heavy atom. The molecule has 0 aromatic heterocycles. The Hall–Kier alpha value is -2.87. The molecular weight excluding hydrogens is 474 g/mol. The molecule has 2 rings (SSSR count). The zero-order valence-electron chi connectivity index (χ0n) is 22.8. The van der Waals surface area contributed by atoms with E-state index < -0.39 is 28.5 Å². The third-order valence-electron chi connectivity index (χ3n) is 6.03. The third kappa shape index (κ3) is 8.36. The Kier molecular flexibility index (Phi) is 9.71. The summed E-state index contributed by atoms with van der Waals surface area (Å²) in [5, 5.41) is 2.88.